The number of fused-ring (bicyclic) bond motifs is 6. The summed E-state index contributed by atoms with van der Waals surface area (Å²) in [5, 5.41) is 3.62. The van der Waals surface area contributed by atoms with Gasteiger partial charge in [-0.1, -0.05) is 89.4 Å². The minimum Gasteiger partial charge on any atom is -0.352 e. The first-order valence-electron chi connectivity index (χ1n) is 13.8. The summed E-state index contributed by atoms with van der Waals surface area (Å²) in [7, 11) is 0. The highest BCUT2D eigenvalue weighted by molar-refractivity contribution is 6.37. The number of anilines is 2. The second-order valence-electron chi connectivity index (χ2n) is 11.2. The highest BCUT2D eigenvalue weighted by atomic mass is 35.5. The molecule has 0 aliphatic carbocycles. The Hall–Kier alpha value is -4.19. The molecule has 0 unspecified atom stereocenters. The number of carbonyl (C=O) groups excluding carboxylic acids is 3. The van der Waals surface area contributed by atoms with Crippen LogP contribution in [0.2, 0.25) is 10.0 Å². The van der Waals surface area contributed by atoms with Crippen molar-refractivity contribution >= 4 is 57.6 Å². The molecule has 5 nitrogen and oxygen atoms in total. The van der Waals surface area contributed by atoms with Gasteiger partial charge in [0.25, 0.3) is 0 Å². The SMILES string of the molecule is CC1=C[C@H]2N(c3ccc(C)cc31)[C@H](C(=O)c1ccccc1)[C@H](C(=O)c1ccc(Cl)cc1Cl)[C@]21C(=O)Nc2ccccc21. The quantitative estimate of drug-likeness (QED) is 0.248. The van der Waals surface area contributed by atoms with Crippen molar-refractivity contribution in [1.29, 1.82) is 0 Å². The van der Waals surface area contributed by atoms with Crippen molar-refractivity contribution < 1.29 is 14.4 Å². The standard InChI is InChI=1S/C35H26Cl2N2O3/c1-19-12-15-28-24(16-19)20(2)17-29-35(25-10-6-7-11-27(25)38-34(35)42)30(33(41)23-14-13-22(36)18-26(23)37)31(39(28)29)32(40)21-8-4-3-5-9-21/h3-18,29-31H,1-2H3,(H,38,42)/t29-,30-,31+,35-/m1/s1. The van der Waals surface area contributed by atoms with Crippen LogP contribution in [0.5, 0.6) is 0 Å². The van der Waals surface area contributed by atoms with E-state index in [1.54, 1.807) is 36.4 Å². The number of amides is 1. The van der Waals surface area contributed by atoms with E-state index in [0.717, 1.165) is 22.4 Å². The lowest BCUT2D eigenvalue weighted by Gasteiger charge is -2.39. The summed E-state index contributed by atoms with van der Waals surface area (Å²) in [5.41, 5.74) is 4.44. The van der Waals surface area contributed by atoms with Crippen LogP contribution in [0.3, 0.4) is 0 Å². The number of ketones is 2. The zero-order chi connectivity index (χ0) is 29.3. The van der Waals surface area contributed by atoms with Crippen LogP contribution in [-0.2, 0) is 10.2 Å². The van der Waals surface area contributed by atoms with Gasteiger partial charge in [-0.3, -0.25) is 14.4 Å². The molecule has 0 saturated carbocycles. The number of para-hydroxylation sites is 1. The molecule has 7 rings (SSSR count). The summed E-state index contributed by atoms with van der Waals surface area (Å²) in [6, 6.07) is 25.6. The second kappa shape index (κ2) is 9.69. The van der Waals surface area contributed by atoms with Crippen LogP contribution in [0.4, 0.5) is 11.4 Å². The van der Waals surface area contributed by atoms with Gasteiger partial charge in [0.2, 0.25) is 5.91 Å². The van der Waals surface area contributed by atoms with Crippen molar-refractivity contribution in [3.63, 3.8) is 0 Å². The van der Waals surface area contributed by atoms with Crippen molar-refractivity contribution in [2.45, 2.75) is 31.3 Å². The van der Waals surface area contributed by atoms with E-state index in [1.807, 2.05) is 67.3 Å². The first-order valence-corrected chi connectivity index (χ1v) is 14.6. The summed E-state index contributed by atoms with van der Waals surface area (Å²) in [6.07, 6.45) is 2.05. The number of carbonyl (C=O) groups is 3. The summed E-state index contributed by atoms with van der Waals surface area (Å²) in [5.74, 6) is -2.04. The Kier molecular flexibility index (Phi) is 6.16. The lowest BCUT2D eigenvalue weighted by atomic mass is 9.64. The van der Waals surface area contributed by atoms with Crippen molar-refractivity contribution in [1.82, 2.24) is 0 Å². The number of hydrogen-bond acceptors (Lipinski definition) is 4. The van der Waals surface area contributed by atoms with E-state index < -0.39 is 23.4 Å². The van der Waals surface area contributed by atoms with E-state index in [1.165, 1.54) is 6.07 Å². The molecule has 3 aliphatic heterocycles. The number of Topliss-reactive ketones (excluding diaryl/α,β-unsaturated/α-hetero) is 2. The predicted molar refractivity (Wildman–Crippen MR) is 167 cm³/mol. The molecule has 1 N–H and O–H groups in total. The number of halogens is 2. The fourth-order valence-corrected chi connectivity index (χ4v) is 7.68. The number of aryl methyl sites for hydroxylation is 1. The smallest absolute Gasteiger partial charge is 0.238 e. The Bertz CT molecular complexity index is 1850. The third kappa shape index (κ3) is 3.67. The molecular formula is C35H26Cl2N2O3. The Morgan fingerprint density at radius 1 is 0.857 bits per heavy atom. The highest BCUT2D eigenvalue weighted by Crippen LogP contribution is 2.59. The molecule has 4 aromatic carbocycles. The number of benzene rings is 4. The number of hydrogen-bond donors (Lipinski definition) is 1. The molecule has 0 bridgehead atoms. The third-order valence-electron chi connectivity index (χ3n) is 8.94. The normalized spacial score (nSPS) is 23.6. The number of nitrogens with zero attached hydrogens (tertiary/aromatic N) is 1. The van der Waals surface area contributed by atoms with Gasteiger partial charge in [0, 0.05) is 33.1 Å². The van der Waals surface area contributed by atoms with E-state index in [9.17, 15) is 14.4 Å². The van der Waals surface area contributed by atoms with E-state index in [-0.39, 0.29) is 28.1 Å². The minimum absolute atomic E-state index is 0.174. The lowest BCUT2D eigenvalue weighted by molar-refractivity contribution is -0.121. The molecule has 3 aliphatic rings. The Labute approximate surface area is 253 Å². The van der Waals surface area contributed by atoms with Crippen LogP contribution in [-0.4, -0.2) is 29.6 Å². The molecule has 3 heterocycles. The predicted octanol–water partition coefficient (Wildman–Crippen LogP) is 7.55. The van der Waals surface area contributed by atoms with E-state index in [4.69, 9.17) is 23.2 Å². The van der Waals surface area contributed by atoms with Crippen molar-refractivity contribution in [2.24, 2.45) is 5.92 Å². The molecule has 1 spiro atoms. The highest BCUT2D eigenvalue weighted by Gasteiger charge is 2.70. The molecule has 42 heavy (non-hydrogen) atoms. The monoisotopic (exact) mass is 592 g/mol. The van der Waals surface area contributed by atoms with Gasteiger partial charge >= 0.3 is 0 Å². The number of nitrogens with one attached hydrogen (secondary N) is 1. The fraction of sp³-hybridized carbons (Fsp3) is 0.171. The molecule has 1 saturated heterocycles. The van der Waals surface area contributed by atoms with Gasteiger partial charge in [-0.2, -0.15) is 0 Å². The molecule has 4 aromatic rings. The Morgan fingerprint density at radius 3 is 2.36 bits per heavy atom. The van der Waals surface area contributed by atoms with Crippen LogP contribution in [0.25, 0.3) is 5.57 Å². The van der Waals surface area contributed by atoms with Crippen LogP contribution >= 0.6 is 23.2 Å². The minimum atomic E-state index is -1.41. The van der Waals surface area contributed by atoms with Gasteiger partial charge < -0.3 is 10.2 Å². The first kappa shape index (κ1) is 26.7. The average molecular weight is 594 g/mol. The van der Waals surface area contributed by atoms with Gasteiger partial charge in [0.05, 0.1) is 17.0 Å². The summed E-state index contributed by atoms with van der Waals surface area (Å²) in [4.78, 5) is 46.1. The third-order valence-corrected chi connectivity index (χ3v) is 9.49. The zero-order valence-corrected chi connectivity index (χ0v) is 24.4. The van der Waals surface area contributed by atoms with Gasteiger partial charge in [-0.25, -0.2) is 0 Å². The van der Waals surface area contributed by atoms with E-state index in [2.05, 4.69) is 11.4 Å². The second-order valence-corrected chi connectivity index (χ2v) is 12.1. The van der Waals surface area contributed by atoms with Crippen LogP contribution in [0.1, 0.15) is 44.3 Å². The molecule has 208 valence electrons. The molecular weight excluding hydrogens is 567 g/mol. The largest absolute Gasteiger partial charge is 0.352 e. The number of rotatable bonds is 4. The molecule has 0 aromatic heterocycles. The van der Waals surface area contributed by atoms with Crippen molar-refractivity contribution in [2.75, 3.05) is 10.2 Å². The molecule has 0 radical (unpaired) electrons. The van der Waals surface area contributed by atoms with Crippen molar-refractivity contribution in [3.8, 4) is 0 Å². The lowest BCUT2D eigenvalue weighted by Crippen LogP contribution is -2.51. The van der Waals surface area contributed by atoms with Gasteiger partial charge in [-0.05, 0) is 61.4 Å². The topological polar surface area (TPSA) is 66.5 Å². The zero-order valence-electron chi connectivity index (χ0n) is 22.9. The fourth-order valence-electron chi connectivity index (χ4n) is 7.18. The summed E-state index contributed by atoms with van der Waals surface area (Å²) in [6.45, 7) is 4.04. The van der Waals surface area contributed by atoms with Gasteiger partial charge in [0.1, 0.15) is 11.5 Å². The maximum atomic E-state index is 14.9. The molecule has 1 fully saturated rings. The summed E-state index contributed by atoms with van der Waals surface area (Å²) < 4.78 is 0. The molecule has 1 amide bonds. The van der Waals surface area contributed by atoms with Gasteiger partial charge in [-0.15, -0.1) is 0 Å². The maximum absolute atomic E-state index is 14.9. The molecule has 7 heteroatoms. The Balaban J connectivity index is 1.57. The van der Waals surface area contributed by atoms with E-state index >= 15 is 0 Å². The van der Waals surface area contributed by atoms with Gasteiger partial charge in [0.15, 0.2) is 11.6 Å². The van der Waals surface area contributed by atoms with Crippen molar-refractivity contribution in [3.05, 3.63) is 135 Å². The number of allylic oxidation sites excluding steroid dienone is 1. The average Bonchev–Trinajstić information content (AvgIpc) is 3.45. The first-order chi connectivity index (χ1) is 20.2. The van der Waals surface area contributed by atoms with Crippen LogP contribution in [0.15, 0.2) is 97.1 Å². The Morgan fingerprint density at radius 2 is 1.60 bits per heavy atom. The van der Waals surface area contributed by atoms with Crippen LogP contribution in [0, 0.1) is 12.8 Å². The summed E-state index contributed by atoms with van der Waals surface area (Å²) >= 11 is 12.8. The molecule has 4 atom stereocenters. The van der Waals surface area contributed by atoms with Crippen LogP contribution < -0.4 is 10.2 Å². The van der Waals surface area contributed by atoms with E-state index in [0.29, 0.717) is 21.8 Å². The maximum Gasteiger partial charge on any atom is 0.238 e.